The summed E-state index contributed by atoms with van der Waals surface area (Å²) in [5.74, 6) is 0. The molecule has 1 rings (SSSR count). The Balaban J connectivity index is 2.77. The predicted octanol–water partition coefficient (Wildman–Crippen LogP) is 2.97. The van der Waals surface area contributed by atoms with Gasteiger partial charge in [0.15, 0.2) is 5.13 Å². The molecular weight excluding hydrogens is 168 g/mol. The van der Waals surface area contributed by atoms with E-state index < -0.39 is 0 Å². The monoisotopic (exact) mass is 184 g/mol. The molecule has 0 unspecified atom stereocenters. The molecule has 0 spiro atoms. The Labute approximate surface area is 78.0 Å². The van der Waals surface area contributed by atoms with Crippen LogP contribution in [0.15, 0.2) is 0 Å². The maximum Gasteiger partial charge on any atom is 0.183 e. The van der Waals surface area contributed by atoms with E-state index in [9.17, 15) is 0 Å². The second-order valence-corrected chi connectivity index (χ2v) is 5.24. The SMILES string of the molecule is Cc1nc(NC(C)(C)C)sc1C. The van der Waals surface area contributed by atoms with E-state index in [2.05, 4.69) is 38.0 Å². The van der Waals surface area contributed by atoms with Gasteiger partial charge in [0.1, 0.15) is 0 Å². The molecule has 0 saturated carbocycles. The highest BCUT2D eigenvalue weighted by atomic mass is 32.1. The Morgan fingerprint density at radius 2 is 1.83 bits per heavy atom. The molecule has 68 valence electrons. The molecule has 0 bridgehead atoms. The summed E-state index contributed by atoms with van der Waals surface area (Å²) in [6.07, 6.45) is 0. The van der Waals surface area contributed by atoms with E-state index in [0.29, 0.717) is 0 Å². The van der Waals surface area contributed by atoms with Crippen molar-refractivity contribution in [2.24, 2.45) is 0 Å². The molecule has 1 aromatic heterocycles. The van der Waals surface area contributed by atoms with E-state index in [1.54, 1.807) is 11.3 Å². The van der Waals surface area contributed by atoms with Crippen LogP contribution in [0, 0.1) is 13.8 Å². The third kappa shape index (κ3) is 2.48. The third-order valence-electron chi connectivity index (χ3n) is 1.51. The quantitative estimate of drug-likeness (QED) is 0.725. The lowest BCUT2D eigenvalue weighted by atomic mass is 10.1. The molecule has 0 radical (unpaired) electrons. The molecule has 0 aliphatic carbocycles. The van der Waals surface area contributed by atoms with Crippen LogP contribution in [0.25, 0.3) is 0 Å². The first-order valence-corrected chi connectivity index (χ1v) is 4.92. The second-order valence-electron chi connectivity index (χ2n) is 4.04. The van der Waals surface area contributed by atoms with Crippen molar-refractivity contribution in [3.63, 3.8) is 0 Å². The molecule has 0 atom stereocenters. The fourth-order valence-corrected chi connectivity index (χ4v) is 1.87. The van der Waals surface area contributed by atoms with Crippen LogP contribution in [0.3, 0.4) is 0 Å². The zero-order valence-electron chi connectivity index (χ0n) is 8.36. The Morgan fingerprint density at radius 3 is 2.17 bits per heavy atom. The summed E-state index contributed by atoms with van der Waals surface area (Å²) in [5, 5.41) is 4.38. The van der Waals surface area contributed by atoms with Gasteiger partial charge in [-0.05, 0) is 34.6 Å². The lowest BCUT2D eigenvalue weighted by molar-refractivity contribution is 0.633. The number of aryl methyl sites for hydroxylation is 2. The van der Waals surface area contributed by atoms with Gasteiger partial charge in [0, 0.05) is 10.4 Å². The number of nitrogens with zero attached hydrogens (tertiary/aromatic N) is 1. The van der Waals surface area contributed by atoms with Crippen molar-refractivity contribution in [3.05, 3.63) is 10.6 Å². The van der Waals surface area contributed by atoms with Crippen molar-refractivity contribution in [1.29, 1.82) is 0 Å². The van der Waals surface area contributed by atoms with Gasteiger partial charge in [0.25, 0.3) is 0 Å². The van der Waals surface area contributed by atoms with Crippen LogP contribution in [-0.2, 0) is 0 Å². The van der Waals surface area contributed by atoms with E-state index in [1.165, 1.54) is 4.88 Å². The highest BCUT2D eigenvalue weighted by Crippen LogP contribution is 2.23. The van der Waals surface area contributed by atoms with Gasteiger partial charge >= 0.3 is 0 Å². The molecule has 0 aliphatic rings. The molecule has 3 heteroatoms. The molecule has 0 aromatic carbocycles. The summed E-state index contributed by atoms with van der Waals surface area (Å²) in [4.78, 5) is 5.70. The fraction of sp³-hybridized carbons (Fsp3) is 0.667. The predicted molar refractivity (Wildman–Crippen MR) is 55.0 cm³/mol. The van der Waals surface area contributed by atoms with E-state index in [0.717, 1.165) is 10.8 Å². The van der Waals surface area contributed by atoms with Crippen LogP contribution >= 0.6 is 11.3 Å². The van der Waals surface area contributed by atoms with Crippen molar-refractivity contribution in [3.8, 4) is 0 Å². The molecule has 0 fully saturated rings. The van der Waals surface area contributed by atoms with Gasteiger partial charge < -0.3 is 5.32 Å². The topological polar surface area (TPSA) is 24.9 Å². The highest BCUT2D eigenvalue weighted by molar-refractivity contribution is 7.15. The Kier molecular flexibility index (Phi) is 2.42. The number of hydrogen-bond acceptors (Lipinski definition) is 3. The maximum atomic E-state index is 4.40. The van der Waals surface area contributed by atoms with Crippen molar-refractivity contribution in [2.75, 3.05) is 5.32 Å². The zero-order chi connectivity index (χ0) is 9.35. The molecule has 0 amide bonds. The van der Waals surface area contributed by atoms with Gasteiger partial charge in [-0.25, -0.2) is 4.98 Å². The third-order valence-corrected chi connectivity index (χ3v) is 2.50. The molecule has 2 nitrogen and oxygen atoms in total. The van der Waals surface area contributed by atoms with Crippen molar-refractivity contribution in [2.45, 2.75) is 40.2 Å². The number of anilines is 1. The summed E-state index contributed by atoms with van der Waals surface area (Å²) < 4.78 is 0. The standard InChI is InChI=1S/C9H16N2S/c1-6-7(2)12-8(10-6)11-9(3,4)5/h1-5H3,(H,10,11). The number of rotatable bonds is 1. The van der Waals surface area contributed by atoms with Gasteiger partial charge in [-0.3, -0.25) is 0 Å². The van der Waals surface area contributed by atoms with Crippen LogP contribution in [-0.4, -0.2) is 10.5 Å². The zero-order valence-corrected chi connectivity index (χ0v) is 9.17. The van der Waals surface area contributed by atoms with Crippen LogP contribution in [0.1, 0.15) is 31.3 Å². The minimum absolute atomic E-state index is 0.108. The average Bonchev–Trinajstić information content (AvgIpc) is 2.07. The first kappa shape index (κ1) is 9.52. The van der Waals surface area contributed by atoms with Crippen LogP contribution in [0.4, 0.5) is 5.13 Å². The first-order valence-electron chi connectivity index (χ1n) is 4.11. The minimum Gasteiger partial charge on any atom is -0.357 e. The van der Waals surface area contributed by atoms with Crippen molar-refractivity contribution >= 4 is 16.5 Å². The lowest BCUT2D eigenvalue weighted by Gasteiger charge is -2.19. The van der Waals surface area contributed by atoms with Gasteiger partial charge in [-0.1, -0.05) is 0 Å². The van der Waals surface area contributed by atoms with E-state index >= 15 is 0 Å². The van der Waals surface area contributed by atoms with Gasteiger partial charge in [0.2, 0.25) is 0 Å². The van der Waals surface area contributed by atoms with Crippen molar-refractivity contribution in [1.82, 2.24) is 4.98 Å². The number of hydrogen-bond donors (Lipinski definition) is 1. The average molecular weight is 184 g/mol. The largest absolute Gasteiger partial charge is 0.357 e. The Bertz CT molecular complexity index is 251. The van der Waals surface area contributed by atoms with Crippen LogP contribution in [0.5, 0.6) is 0 Å². The fourth-order valence-electron chi connectivity index (χ4n) is 0.847. The van der Waals surface area contributed by atoms with Gasteiger partial charge in [-0.15, -0.1) is 11.3 Å². The van der Waals surface area contributed by atoms with Gasteiger partial charge in [0.05, 0.1) is 5.69 Å². The first-order chi connectivity index (χ1) is 5.38. The van der Waals surface area contributed by atoms with Crippen LogP contribution < -0.4 is 5.32 Å². The maximum absolute atomic E-state index is 4.40. The Hall–Kier alpha value is -0.570. The molecule has 0 aliphatic heterocycles. The molecule has 1 aromatic rings. The normalized spacial score (nSPS) is 11.8. The highest BCUT2D eigenvalue weighted by Gasteiger charge is 2.12. The lowest BCUT2D eigenvalue weighted by Crippen LogP contribution is -2.25. The summed E-state index contributed by atoms with van der Waals surface area (Å²) in [6, 6.07) is 0. The summed E-state index contributed by atoms with van der Waals surface area (Å²) in [6.45, 7) is 10.6. The molecule has 1 N–H and O–H groups in total. The van der Waals surface area contributed by atoms with E-state index in [1.807, 2.05) is 6.92 Å². The number of aromatic nitrogens is 1. The number of nitrogens with one attached hydrogen (secondary N) is 1. The molecule has 12 heavy (non-hydrogen) atoms. The molecule has 0 saturated heterocycles. The van der Waals surface area contributed by atoms with Crippen LogP contribution in [0.2, 0.25) is 0 Å². The molecular formula is C9H16N2S. The number of thiazole rings is 1. The van der Waals surface area contributed by atoms with E-state index in [4.69, 9.17) is 0 Å². The summed E-state index contributed by atoms with van der Waals surface area (Å²) in [7, 11) is 0. The van der Waals surface area contributed by atoms with Gasteiger partial charge in [-0.2, -0.15) is 0 Å². The summed E-state index contributed by atoms with van der Waals surface area (Å²) in [5.41, 5.74) is 1.24. The minimum atomic E-state index is 0.108. The summed E-state index contributed by atoms with van der Waals surface area (Å²) >= 11 is 1.72. The second kappa shape index (κ2) is 3.05. The Morgan fingerprint density at radius 1 is 1.25 bits per heavy atom. The van der Waals surface area contributed by atoms with Crippen molar-refractivity contribution < 1.29 is 0 Å². The molecule has 1 heterocycles. The van der Waals surface area contributed by atoms with E-state index in [-0.39, 0.29) is 5.54 Å². The smallest absolute Gasteiger partial charge is 0.183 e.